The Bertz CT molecular complexity index is 906. The molecule has 0 aliphatic carbocycles. The summed E-state index contributed by atoms with van der Waals surface area (Å²) in [6, 6.07) is 3.28. The van der Waals surface area contributed by atoms with Crippen molar-refractivity contribution in [3.63, 3.8) is 0 Å². The van der Waals surface area contributed by atoms with Gasteiger partial charge in [-0.3, -0.25) is 4.79 Å². The van der Waals surface area contributed by atoms with Crippen molar-refractivity contribution in [3.8, 4) is 5.69 Å². The van der Waals surface area contributed by atoms with E-state index in [1.54, 1.807) is 6.92 Å². The number of benzene rings is 1. The summed E-state index contributed by atoms with van der Waals surface area (Å²) in [4.78, 5) is 13.9. The molecule has 29 heavy (non-hydrogen) atoms. The van der Waals surface area contributed by atoms with Gasteiger partial charge in [-0.1, -0.05) is 13.0 Å². The van der Waals surface area contributed by atoms with Gasteiger partial charge in [0, 0.05) is 13.1 Å². The van der Waals surface area contributed by atoms with Crippen LogP contribution in [0.5, 0.6) is 0 Å². The first-order valence-electron chi connectivity index (χ1n) is 8.69. The summed E-state index contributed by atoms with van der Waals surface area (Å²) in [5.74, 6) is -1.25. The van der Waals surface area contributed by atoms with Crippen LogP contribution in [0.2, 0.25) is 0 Å². The molecule has 2 atom stereocenters. The second-order valence-corrected chi connectivity index (χ2v) is 6.95. The highest BCUT2D eigenvalue weighted by molar-refractivity contribution is 5.95. The maximum atomic E-state index is 13.7. The molecule has 0 bridgehead atoms. The van der Waals surface area contributed by atoms with Gasteiger partial charge in [-0.2, -0.15) is 31.4 Å². The van der Waals surface area contributed by atoms with Crippen LogP contribution in [0.25, 0.3) is 5.69 Å². The van der Waals surface area contributed by atoms with Crippen LogP contribution in [-0.2, 0) is 12.4 Å². The Morgan fingerprint density at radius 2 is 1.86 bits per heavy atom. The number of aliphatic hydroxyl groups is 1. The predicted octanol–water partition coefficient (Wildman–Crippen LogP) is 3.75. The molecule has 0 radical (unpaired) electrons. The van der Waals surface area contributed by atoms with E-state index in [1.807, 2.05) is 0 Å². The number of carbonyl (C=O) groups is 1. The summed E-state index contributed by atoms with van der Waals surface area (Å²) in [6.45, 7) is 1.79. The van der Waals surface area contributed by atoms with Crippen LogP contribution < -0.4 is 0 Å². The summed E-state index contributed by atoms with van der Waals surface area (Å²) in [5, 5.41) is 13.3. The molecule has 1 aliphatic rings. The molecule has 1 aromatic heterocycles. The minimum atomic E-state index is -5.03. The summed E-state index contributed by atoms with van der Waals surface area (Å²) in [5.41, 5.74) is -3.79. The van der Waals surface area contributed by atoms with E-state index >= 15 is 0 Å². The minimum Gasteiger partial charge on any atom is -0.393 e. The highest BCUT2D eigenvalue weighted by atomic mass is 19.4. The average molecular weight is 421 g/mol. The Morgan fingerprint density at radius 3 is 2.45 bits per heavy atom. The van der Waals surface area contributed by atoms with E-state index in [0.717, 1.165) is 18.2 Å². The van der Waals surface area contributed by atoms with Crippen molar-refractivity contribution < 1.29 is 36.2 Å². The smallest absolute Gasteiger partial charge is 0.393 e. The van der Waals surface area contributed by atoms with E-state index in [2.05, 4.69) is 5.10 Å². The van der Waals surface area contributed by atoms with Gasteiger partial charge in [-0.05, 0) is 30.5 Å². The molecule has 11 heteroatoms. The Hall–Kier alpha value is -2.56. The standard InChI is InChI=1S/C18H17F6N3O2/c1-10-9-26(6-5-14(10)28)16(29)13-8-25-27(15(13)18(22,23)24)12-4-2-3-11(7-12)17(19,20)21/h2-4,7-8,10,14,28H,5-6,9H2,1H3/t10-,14+/m0/s1. The van der Waals surface area contributed by atoms with Crippen molar-refractivity contribution >= 4 is 5.91 Å². The SMILES string of the molecule is C[C@H]1CN(C(=O)c2cnn(-c3cccc(C(F)(F)F)c3)c2C(F)(F)F)CC[C@H]1O. The molecule has 1 fully saturated rings. The molecule has 1 amide bonds. The topological polar surface area (TPSA) is 58.4 Å². The van der Waals surface area contributed by atoms with Crippen LogP contribution in [0.4, 0.5) is 26.3 Å². The molecule has 0 unspecified atom stereocenters. The van der Waals surface area contributed by atoms with E-state index in [-0.39, 0.29) is 25.4 Å². The maximum absolute atomic E-state index is 13.7. The van der Waals surface area contributed by atoms with Gasteiger partial charge in [0.2, 0.25) is 0 Å². The van der Waals surface area contributed by atoms with E-state index in [1.165, 1.54) is 4.90 Å². The largest absolute Gasteiger partial charge is 0.434 e. The number of piperidine rings is 1. The van der Waals surface area contributed by atoms with Crippen LogP contribution in [-0.4, -0.2) is 44.9 Å². The van der Waals surface area contributed by atoms with Gasteiger partial charge in [-0.15, -0.1) is 0 Å². The van der Waals surface area contributed by atoms with Crippen LogP contribution in [0.15, 0.2) is 30.5 Å². The fourth-order valence-electron chi connectivity index (χ4n) is 3.28. The summed E-state index contributed by atoms with van der Waals surface area (Å²) >= 11 is 0. The van der Waals surface area contributed by atoms with Gasteiger partial charge in [0.25, 0.3) is 5.91 Å². The molecule has 2 aromatic rings. The van der Waals surface area contributed by atoms with Crippen molar-refractivity contribution in [3.05, 3.63) is 47.3 Å². The molecular weight excluding hydrogens is 404 g/mol. The van der Waals surface area contributed by atoms with E-state index in [4.69, 9.17) is 0 Å². The van der Waals surface area contributed by atoms with E-state index in [9.17, 15) is 36.2 Å². The first kappa shape index (κ1) is 21.2. The molecule has 0 saturated carbocycles. The normalized spacial score (nSPS) is 20.8. The molecule has 0 spiro atoms. The fraction of sp³-hybridized carbons (Fsp3) is 0.444. The zero-order valence-corrected chi connectivity index (χ0v) is 15.1. The molecular formula is C18H17F6N3O2. The number of nitrogens with zero attached hydrogens (tertiary/aromatic N) is 3. The van der Waals surface area contributed by atoms with Gasteiger partial charge < -0.3 is 10.0 Å². The van der Waals surface area contributed by atoms with Gasteiger partial charge in [-0.25, -0.2) is 4.68 Å². The van der Waals surface area contributed by atoms with Crippen molar-refractivity contribution in [2.24, 2.45) is 5.92 Å². The van der Waals surface area contributed by atoms with E-state index < -0.39 is 46.9 Å². The Balaban J connectivity index is 2.04. The lowest BCUT2D eigenvalue weighted by Gasteiger charge is -2.34. The second kappa shape index (κ2) is 7.36. The Morgan fingerprint density at radius 1 is 1.17 bits per heavy atom. The van der Waals surface area contributed by atoms with Gasteiger partial charge >= 0.3 is 12.4 Å². The number of amides is 1. The highest BCUT2D eigenvalue weighted by Crippen LogP contribution is 2.36. The van der Waals surface area contributed by atoms with Crippen LogP contribution >= 0.6 is 0 Å². The minimum absolute atomic E-state index is 0.0615. The Kier molecular flexibility index (Phi) is 5.37. The predicted molar refractivity (Wildman–Crippen MR) is 89.3 cm³/mol. The summed E-state index contributed by atoms with van der Waals surface area (Å²) in [6.07, 6.45) is -9.51. The lowest BCUT2D eigenvalue weighted by atomic mass is 9.96. The zero-order valence-electron chi connectivity index (χ0n) is 15.1. The molecule has 1 saturated heterocycles. The van der Waals surface area contributed by atoms with Gasteiger partial charge in [0.05, 0.1) is 29.1 Å². The quantitative estimate of drug-likeness (QED) is 0.752. The third kappa shape index (κ3) is 4.24. The first-order valence-corrected chi connectivity index (χ1v) is 8.69. The van der Waals surface area contributed by atoms with Gasteiger partial charge in [0.15, 0.2) is 5.69 Å². The Labute approximate surface area is 161 Å². The number of rotatable bonds is 2. The van der Waals surface area contributed by atoms with Crippen molar-refractivity contribution in [1.82, 2.24) is 14.7 Å². The number of likely N-dealkylation sites (tertiary alicyclic amines) is 1. The molecule has 1 aromatic carbocycles. The molecule has 1 aliphatic heterocycles. The number of halogens is 6. The second-order valence-electron chi connectivity index (χ2n) is 6.95. The fourth-order valence-corrected chi connectivity index (χ4v) is 3.28. The van der Waals surface area contributed by atoms with Crippen LogP contribution in [0.1, 0.15) is 35.0 Å². The lowest BCUT2D eigenvalue weighted by Crippen LogP contribution is -2.45. The van der Waals surface area contributed by atoms with Crippen molar-refractivity contribution in [2.45, 2.75) is 31.8 Å². The number of hydrogen-bond donors (Lipinski definition) is 1. The van der Waals surface area contributed by atoms with Gasteiger partial charge in [0.1, 0.15) is 0 Å². The number of aromatic nitrogens is 2. The number of aliphatic hydroxyl groups excluding tert-OH is 1. The summed E-state index contributed by atoms with van der Waals surface area (Å²) < 4.78 is 80.3. The molecule has 3 rings (SSSR count). The molecule has 5 nitrogen and oxygen atoms in total. The molecule has 2 heterocycles. The van der Waals surface area contributed by atoms with Crippen LogP contribution in [0, 0.1) is 5.92 Å². The molecule has 158 valence electrons. The van der Waals surface area contributed by atoms with Crippen LogP contribution in [0.3, 0.4) is 0 Å². The maximum Gasteiger partial charge on any atom is 0.434 e. The third-order valence-corrected chi connectivity index (χ3v) is 4.83. The number of alkyl halides is 6. The van der Waals surface area contributed by atoms with E-state index in [0.29, 0.717) is 16.9 Å². The first-order chi connectivity index (χ1) is 13.4. The lowest BCUT2D eigenvalue weighted by molar-refractivity contribution is -0.143. The number of carbonyl (C=O) groups excluding carboxylic acids is 1. The summed E-state index contributed by atoms with van der Waals surface area (Å²) in [7, 11) is 0. The highest BCUT2D eigenvalue weighted by Gasteiger charge is 2.42. The molecule has 1 N–H and O–H groups in total. The average Bonchev–Trinajstić information content (AvgIpc) is 3.08. The zero-order chi connectivity index (χ0) is 21.6. The monoisotopic (exact) mass is 421 g/mol. The van der Waals surface area contributed by atoms with Crippen molar-refractivity contribution in [1.29, 1.82) is 0 Å². The number of hydrogen-bond acceptors (Lipinski definition) is 3. The van der Waals surface area contributed by atoms with Crippen molar-refractivity contribution in [2.75, 3.05) is 13.1 Å². The third-order valence-electron chi connectivity index (χ3n) is 4.83.